The third kappa shape index (κ3) is 3.95. The minimum absolute atomic E-state index is 0.191. The maximum atomic E-state index is 12.4. The molecular formula is C20H23N3O3. The van der Waals surface area contributed by atoms with Crippen molar-refractivity contribution in [2.45, 2.75) is 51.7 Å². The molecule has 136 valence electrons. The molecular weight excluding hydrogens is 330 g/mol. The lowest BCUT2D eigenvalue weighted by Gasteiger charge is -2.20. The van der Waals surface area contributed by atoms with Crippen LogP contribution in [0.3, 0.4) is 0 Å². The Kier molecular flexibility index (Phi) is 4.49. The third-order valence-electron chi connectivity index (χ3n) is 4.89. The van der Waals surface area contributed by atoms with E-state index in [-0.39, 0.29) is 23.4 Å². The molecule has 2 aliphatic carbocycles. The van der Waals surface area contributed by atoms with Crippen LogP contribution in [-0.4, -0.2) is 27.9 Å². The topological polar surface area (TPSA) is 75.4 Å². The van der Waals surface area contributed by atoms with Crippen LogP contribution >= 0.6 is 0 Å². The fourth-order valence-electron chi connectivity index (χ4n) is 2.98. The molecule has 1 N–H and O–H groups in total. The number of aryl methyl sites for hydroxylation is 1. The highest BCUT2D eigenvalue weighted by molar-refractivity contribution is 5.92. The number of aromatic nitrogens is 1. The summed E-state index contributed by atoms with van der Waals surface area (Å²) in [6.07, 6.45) is 4.09. The summed E-state index contributed by atoms with van der Waals surface area (Å²) in [6, 6.07) is 9.96. The van der Waals surface area contributed by atoms with Gasteiger partial charge in [0.05, 0.1) is 6.54 Å². The molecule has 0 spiro atoms. The van der Waals surface area contributed by atoms with Crippen molar-refractivity contribution in [1.29, 1.82) is 0 Å². The number of amides is 2. The Morgan fingerprint density at radius 3 is 2.58 bits per heavy atom. The molecule has 6 heteroatoms. The van der Waals surface area contributed by atoms with Crippen molar-refractivity contribution in [3.8, 4) is 0 Å². The minimum Gasteiger partial charge on any atom is -0.359 e. The average Bonchev–Trinajstić information content (AvgIpc) is 3.56. The zero-order valence-corrected chi connectivity index (χ0v) is 14.9. The highest BCUT2D eigenvalue weighted by Crippen LogP contribution is 2.36. The minimum atomic E-state index is -0.271. The molecule has 0 aliphatic heterocycles. The zero-order chi connectivity index (χ0) is 18.1. The Morgan fingerprint density at radius 2 is 1.92 bits per heavy atom. The Bertz CT molecular complexity index is 804. The first-order valence-electron chi connectivity index (χ1n) is 9.20. The normalized spacial score (nSPS) is 16.3. The first kappa shape index (κ1) is 16.8. The highest BCUT2D eigenvalue weighted by Gasteiger charge is 2.40. The van der Waals surface area contributed by atoms with Crippen molar-refractivity contribution in [3.05, 3.63) is 52.9 Å². The number of carbonyl (C=O) groups excluding carboxylic acids is 2. The Labute approximate surface area is 152 Å². The van der Waals surface area contributed by atoms with Crippen LogP contribution in [0.1, 0.15) is 53.1 Å². The molecule has 0 saturated heterocycles. The zero-order valence-electron chi connectivity index (χ0n) is 14.9. The van der Waals surface area contributed by atoms with E-state index in [1.54, 1.807) is 6.07 Å². The van der Waals surface area contributed by atoms with Crippen LogP contribution in [0, 0.1) is 12.8 Å². The molecule has 2 aromatic rings. The predicted molar refractivity (Wildman–Crippen MR) is 95.1 cm³/mol. The van der Waals surface area contributed by atoms with Gasteiger partial charge in [-0.25, -0.2) is 0 Å². The molecule has 26 heavy (non-hydrogen) atoms. The van der Waals surface area contributed by atoms with Crippen molar-refractivity contribution < 1.29 is 14.1 Å². The summed E-state index contributed by atoms with van der Waals surface area (Å²) in [5, 5.41) is 6.72. The van der Waals surface area contributed by atoms with Gasteiger partial charge in [0, 0.05) is 24.6 Å². The molecule has 2 fully saturated rings. The second kappa shape index (κ2) is 6.94. The van der Waals surface area contributed by atoms with Gasteiger partial charge in [-0.1, -0.05) is 35.0 Å². The quantitative estimate of drug-likeness (QED) is 0.830. The van der Waals surface area contributed by atoms with Gasteiger partial charge in [0.1, 0.15) is 0 Å². The molecule has 6 nitrogen and oxygen atoms in total. The van der Waals surface area contributed by atoms with Crippen LogP contribution in [0.5, 0.6) is 0 Å². The lowest BCUT2D eigenvalue weighted by atomic mass is 10.1. The van der Waals surface area contributed by atoms with Crippen LogP contribution in [0.4, 0.5) is 0 Å². The maximum absolute atomic E-state index is 12.4. The molecule has 2 aliphatic rings. The van der Waals surface area contributed by atoms with Crippen LogP contribution < -0.4 is 5.32 Å². The fraction of sp³-hybridized carbons (Fsp3) is 0.450. The molecule has 0 radical (unpaired) electrons. The van der Waals surface area contributed by atoms with Crippen LogP contribution in [0.2, 0.25) is 0 Å². The molecule has 1 aromatic carbocycles. The maximum Gasteiger partial charge on any atom is 0.273 e. The van der Waals surface area contributed by atoms with E-state index >= 15 is 0 Å². The molecule has 2 saturated carbocycles. The van der Waals surface area contributed by atoms with Gasteiger partial charge in [0.15, 0.2) is 11.5 Å². The van der Waals surface area contributed by atoms with E-state index in [1.807, 2.05) is 36.1 Å². The van der Waals surface area contributed by atoms with Crippen molar-refractivity contribution in [1.82, 2.24) is 15.4 Å². The van der Waals surface area contributed by atoms with Gasteiger partial charge in [-0.05, 0) is 38.2 Å². The smallest absolute Gasteiger partial charge is 0.273 e. The Balaban J connectivity index is 1.35. The SMILES string of the molecule is Cc1ccc(CNC(=O)c2cc(CN(C(=O)C3CC3)C3CC3)on2)cc1. The first-order chi connectivity index (χ1) is 12.6. The summed E-state index contributed by atoms with van der Waals surface area (Å²) in [4.78, 5) is 26.6. The number of hydrogen-bond acceptors (Lipinski definition) is 4. The van der Waals surface area contributed by atoms with E-state index in [9.17, 15) is 9.59 Å². The molecule has 1 heterocycles. The van der Waals surface area contributed by atoms with E-state index in [4.69, 9.17) is 4.52 Å². The summed E-state index contributed by atoms with van der Waals surface area (Å²) in [7, 11) is 0. The molecule has 0 bridgehead atoms. The van der Waals surface area contributed by atoms with Crippen molar-refractivity contribution >= 4 is 11.8 Å². The number of carbonyl (C=O) groups is 2. The van der Waals surface area contributed by atoms with Gasteiger partial charge >= 0.3 is 0 Å². The second-order valence-corrected chi connectivity index (χ2v) is 7.32. The summed E-state index contributed by atoms with van der Waals surface area (Å²) >= 11 is 0. The van der Waals surface area contributed by atoms with Gasteiger partial charge in [0.25, 0.3) is 5.91 Å². The van der Waals surface area contributed by atoms with E-state index in [0.717, 1.165) is 31.2 Å². The van der Waals surface area contributed by atoms with Gasteiger partial charge in [-0.2, -0.15) is 0 Å². The molecule has 1 aromatic heterocycles. The molecule has 0 atom stereocenters. The standard InChI is InChI=1S/C20H23N3O3/c1-13-2-4-14(5-3-13)11-21-19(24)18-10-17(26-22-18)12-23(16-8-9-16)20(25)15-6-7-15/h2-5,10,15-16H,6-9,11-12H2,1H3,(H,21,24). The largest absolute Gasteiger partial charge is 0.359 e. The summed E-state index contributed by atoms with van der Waals surface area (Å²) < 4.78 is 5.31. The van der Waals surface area contributed by atoms with Crippen molar-refractivity contribution in [2.24, 2.45) is 5.92 Å². The molecule has 0 unspecified atom stereocenters. The summed E-state index contributed by atoms with van der Waals surface area (Å²) in [5.41, 5.74) is 2.46. The van der Waals surface area contributed by atoms with E-state index in [0.29, 0.717) is 24.9 Å². The fourth-order valence-corrected chi connectivity index (χ4v) is 2.98. The lowest BCUT2D eigenvalue weighted by Crippen LogP contribution is -2.33. The van der Waals surface area contributed by atoms with E-state index < -0.39 is 0 Å². The Morgan fingerprint density at radius 1 is 1.19 bits per heavy atom. The second-order valence-electron chi connectivity index (χ2n) is 7.32. The van der Waals surface area contributed by atoms with E-state index in [2.05, 4.69) is 10.5 Å². The predicted octanol–water partition coefficient (Wildman–Crippen LogP) is 2.81. The number of benzene rings is 1. The van der Waals surface area contributed by atoms with Crippen molar-refractivity contribution in [2.75, 3.05) is 0 Å². The Hall–Kier alpha value is -2.63. The van der Waals surface area contributed by atoms with E-state index in [1.165, 1.54) is 5.56 Å². The van der Waals surface area contributed by atoms with Gasteiger partial charge < -0.3 is 14.7 Å². The molecule has 4 rings (SSSR count). The number of nitrogens with one attached hydrogen (secondary N) is 1. The number of nitrogens with zero attached hydrogens (tertiary/aromatic N) is 2. The third-order valence-corrected chi connectivity index (χ3v) is 4.89. The monoisotopic (exact) mass is 353 g/mol. The number of hydrogen-bond donors (Lipinski definition) is 1. The highest BCUT2D eigenvalue weighted by atomic mass is 16.5. The van der Waals surface area contributed by atoms with Gasteiger partial charge in [-0.3, -0.25) is 9.59 Å². The van der Waals surface area contributed by atoms with Crippen molar-refractivity contribution in [3.63, 3.8) is 0 Å². The first-order valence-corrected chi connectivity index (χ1v) is 9.20. The van der Waals surface area contributed by atoms with Crippen LogP contribution in [0.25, 0.3) is 0 Å². The molecule has 2 amide bonds. The summed E-state index contributed by atoms with van der Waals surface area (Å²) in [5.74, 6) is 0.698. The summed E-state index contributed by atoms with van der Waals surface area (Å²) in [6.45, 7) is 2.87. The van der Waals surface area contributed by atoms with Gasteiger partial charge in [-0.15, -0.1) is 0 Å². The average molecular weight is 353 g/mol. The van der Waals surface area contributed by atoms with Crippen LogP contribution in [-0.2, 0) is 17.9 Å². The lowest BCUT2D eigenvalue weighted by molar-refractivity contribution is -0.134. The number of rotatable bonds is 7. The van der Waals surface area contributed by atoms with Gasteiger partial charge in [0.2, 0.25) is 5.91 Å². The van der Waals surface area contributed by atoms with Crippen LogP contribution in [0.15, 0.2) is 34.9 Å².